The highest BCUT2D eigenvalue weighted by atomic mass is 16.2. The van der Waals surface area contributed by atoms with Crippen LogP contribution in [0.15, 0.2) is 24.5 Å². The van der Waals surface area contributed by atoms with E-state index in [1.807, 2.05) is 12.1 Å². The Labute approximate surface area is 102 Å². The number of carbonyl (C=O) groups is 1. The maximum absolute atomic E-state index is 12.4. The van der Waals surface area contributed by atoms with Gasteiger partial charge in [0.15, 0.2) is 0 Å². The molecule has 1 saturated carbocycles. The number of amides is 1. The van der Waals surface area contributed by atoms with Crippen LogP contribution >= 0.6 is 0 Å². The molecule has 0 atom stereocenters. The van der Waals surface area contributed by atoms with Crippen molar-refractivity contribution in [3.8, 4) is 0 Å². The molecule has 0 unspecified atom stereocenters. The maximum atomic E-state index is 12.4. The predicted octanol–water partition coefficient (Wildman–Crippen LogP) is 1.42. The average molecular weight is 233 g/mol. The number of nitrogens with two attached hydrogens (primary N) is 1. The first-order valence-corrected chi connectivity index (χ1v) is 5.97. The molecule has 1 aliphatic rings. The van der Waals surface area contributed by atoms with Gasteiger partial charge >= 0.3 is 0 Å². The van der Waals surface area contributed by atoms with Gasteiger partial charge in [-0.1, -0.05) is 6.92 Å². The Morgan fingerprint density at radius 2 is 2.35 bits per heavy atom. The molecule has 4 nitrogen and oxygen atoms in total. The molecule has 2 rings (SSSR count). The van der Waals surface area contributed by atoms with Crippen LogP contribution < -0.4 is 10.6 Å². The molecule has 1 fully saturated rings. The summed E-state index contributed by atoms with van der Waals surface area (Å²) < 4.78 is 0. The Hall–Kier alpha value is -1.42. The normalized spacial score (nSPS) is 27.4. The molecule has 1 aliphatic carbocycles. The molecule has 1 amide bonds. The number of anilines is 1. The monoisotopic (exact) mass is 233 g/mol. The van der Waals surface area contributed by atoms with E-state index in [2.05, 4.69) is 11.9 Å². The van der Waals surface area contributed by atoms with Crippen LogP contribution in [0.1, 0.15) is 19.8 Å². The van der Waals surface area contributed by atoms with Crippen LogP contribution in [0.5, 0.6) is 0 Å². The molecule has 0 aromatic carbocycles. The molecule has 0 saturated heterocycles. The van der Waals surface area contributed by atoms with Crippen LogP contribution in [0.2, 0.25) is 0 Å². The third-order valence-electron chi connectivity index (χ3n) is 3.66. The first kappa shape index (κ1) is 12.0. The van der Waals surface area contributed by atoms with Crippen LogP contribution in [0, 0.1) is 11.3 Å². The summed E-state index contributed by atoms with van der Waals surface area (Å²) in [6.07, 6.45) is 5.19. The highest BCUT2D eigenvalue weighted by molar-refractivity contribution is 5.97. The Bertz CT molecular complexity index is 398. The van der Waals surface area contributed by atoms with E-state index in [4.69, 9.17) is 5.73 Å². The fraction of sp³-hybridized carbons (Fsp3) is 0.538. The fourth-order valence-corrected chi connectivity index (χ4v) is 2.73. The summed E-state index contributed by atoms with van der Waals surface area (Å²) in [5.41, 5.74) is 6.27. The number of nitrogens with zero attached hydrogens (tertiary/aromatic N) is 2. The van der Waals surface area contributed by atoms with Gasteiger partial charge in [-0.25, -0.2) is 0 Å². The number of hydrogen-bond acceptors (Lipinski definition) is 3. The van der Waals surface area contributed by atoms with E-state index in [1.54, 1.807) is 24.3 Å². The first-order valence-electron chi connectivity index (χ1n) is 5.97. The molecular weight excluding hydrogens is 214 g/mol. The van der Waals surface area contributed by atoms with Crippen LogP contribution in [-0.4, -0.2) is 24.5 Å². The Balaban J connectivity index is 2.15. The number of rotatable bonds is 3. The lowest BCUT2D eigenvalue weighted by Gasteiger charge is -2.46. The Morgan fingerprint density at radius 3 is 2.82 bits per heavy atom. The van der Waals surface area contributed by atoms with Gasteiger partial charge in [-0.15, -0.1) is 0 Å². The number of pyridine rings is 1. The minimum atomic E-state index is -0.343. The minimum absolute atomic E-state index is 0.117. The summed E-state index contributed by atoms with van der Waals surface area (Å²) >= 11 is 0. The van der Waals surface area contributed by atoms with Gasteiger partial charge in [-0.05, 0) is 30.9 Å². The van der Waals surface area contributed by atoms with Crippen molar-refractivity contribution in [1.29, 1.82) is 0 Å². The largest absolute Gasteiger partial charge is 0.329 e. The van der Waals surface area contributed by atoms with Crippen molar-refractivity contribution in [1.82, 2.24) is 4.98 Å². The van der Waals surface area contributed by atoms with Gasteiger partial charge < -0.3 is 10.6 Å². The lowest BCUT2D eigenvalue weighted by Crippen LogP contribution is -2.54. The van der Waals surface area contributed by atoms with Gasteiger partial charge in [-0.3, -0.25) is 9.78 Å². The molecule has 0 aliphatic heterocycles. The summed E-state index contributed by atoms with van der Waals surface area (Å²) in [7, 11) is 1.79. The van der Waals surface area contributed by atoms with Crippen molar-refractivity contribution in [2.24, 2.45) is 17.1 Å². The number of hydrogen-bond donors (Lipinski definition) is 1. The molecule has 17 heavy (non-hydrogen) atoms. The molecule has 0 spiro atoms. The number of carbonyl (C=O) groups excluding carboxylic acids is 1. The summed E-state index contributed by atoms with van der Waals surface area (Å²) in [6, 6.07) is 3.72. The Kier molecular flexibility index (Phi) is 3.15. The smallest absolute Gasteiger partial charge is 0.234 e. The summed E-state index contributed by atoms with van der Waals surface area (Å²) in [5, 5.41) is 0. The molecule has 1 aromatic heterocycles. The van der Waals surface area contributed by atoms with E-state index in [1.165, 1.54) is 0 Å². The second kappa shape index (κ2) is 4.45. The molecule has 92 valence electrons. The van der Waals surface area contributed by atoms with Crippen molar-refractivity contribution < 1.29 is 4.79 Å². The lowest BCUT2D eigenvalue weighted by atomic mass is 9.62. The van der Waals surface area contributed by atoms with Crippen molar-refractivity contribution >= 4 is 11.6 Å². The SMILES string of the molecule is CC1CC(CN)(C(=O)N(C)c2cccnc2)C1. The maximum Gasteiger partial charge on any atom is 0.234 e. The minimum Gasteiger partial charge on any atom is -0.329 e. The highest BCUT2D eigenvalue weighted by Crippen LogP contribution is 2.46. The zero-order chi connectivity index (χ0) is 12.5. The van der Waals surface area contributed by atoms with Gasteiger partial charge in [-0.2, -0.15) is 0 Å². The topological polar surface area (TPSA) is 59.2 Å². The van der Waals surface area contributed by atoms with Crippen LogP contribution in [0.3, 0.4) is 0 Å². The molecule has 1 heterocycles. The second-order valence-electron chi connectivity index (χ2n) is 5.07. The van der Waals surface area contributed by atoms with Crippen molar-refractivity contribution in [2.75, 3.05) is 18.5 Å². The standard InChI is InChI=1S/C13H19N3O/c1-10-6-13(7-10,9-14)12(17)16(2)11-4-3-5-15-8-11/h3-5,8,10H,6-7,9,14H2,1-2H3. The van der Waals surface area contributed by atoms with E-state index >= 15 is 0 Å². The van der Waals surface area contributed by atoms with Crippen molar-refractivity contribution in [3.05, 3.63) is 24.5 Å². The summed E-state index contributed by atoms with van der Waals surface area (Å²) in [6.45, 7) is 2.59. The van der Waals surface area contributed by atoms with Gasteiger partial charge in [0.1, 0.15) is 0 Å². The van der Waals surface area contributed by atoms with E-state index in [-0.39, 0.29) is 11.3 Å². The van der Waals surface area contributed by atoms with Gasteiger partial charge in [0.25, 0.3) is 0 Å². The quantitative estimate of drug-likeness (QED) is 0.859. The number of aromatic nitrogens is 1. The van der Waals surface area contributed by atoms with E-state index in [9.17, 15) is 4.79 Å². The second-order valence-corrected chi connectivity index (χ2v) is 5.07. The van der Waals surface area contributed by atoms with Gasteiger partial charge in [0, 0.05) is 19.8 Å². The highest BCUT2D eigenvalue weighted by Gasteiger charge is 2.48. The predicted molar refractivity (Wildman–Crippen MR) is 67.5 cm³/mol. The zero-order valence-electron chi connectivity index (χ0n) is 10.4. The third kappa shape index (κ3) is 2.05. The molecule has 4 heteroatoms. The molecular formula is C13H19N3O. The average Bonchev–Trinajstić information content (AvgIpc) is 2.34. The summed E-state index contributed by atoms with van der Waals surface area (Å²) in [5.74, 6) is 0.718. The molecule has 2 N–H and O–H groups in total. The fourth-order valence-electron chi connectivity index (χ4n) is 2.73. The van der Waals surface area contributed by atoms with Crippen molar-refractivity contribution in [2.45, 2.75) is 19.8 Å². The molecule has 0 radical (unpaired) electrons. The zero-order valence-corrected chi connectivity index (χ0v) is 10.4. The lowest BCUT2D eigenvalue weighted by molar-refractivity contribution is -0.134. The van der Waals surface area contributed by atoms with Crippen LogP contribution in [0.4, 0.5) is 5.69 Å². The first-order chi connectivity index (χ1) is 8.09. The molecule has 0 bridgehead atoms. The van der Waals surface area contributed by atoms with Gasteiger partial charge in [0.05, 0.1) is 17.3 Å². The van der Waals surface area contributed by atoms with Crippen molar-refractivity contribution in [3.63, 3.8) is 0 Å². The van der Waals surface area contributed by atoms with Gasteiger partial charge in [0.2, 0.25) is 5.91 Å². The van der Waals surface area contributed by atoms with E-state index < -0.39 is 0 Å². The van der Waals surface area contributed by atoms with E-state index in [0.29, 0.717) is 12.5 Å². The van der Waals surface area contributed by atoms with E-state index in [0.717, 1.165) is 18.5 Å². The molecule has 1 aromatic rings. The Morgan fingerprint density at radius 1 is 1.65 bits per heavy atom. The van der Waals surface area contributed by atoms with Crippen LogP contribution in [0.25, 0.3) is 0 Å². The van der Waals surface area contributed by atoms with Crippen LogP contribution in [-0.2, 0) is 4.79 Å². The third-order valence-corrected chi connectivity index (χ3v) is 3.66. The summed E-state index contributed by atoms with van der Waals surface area (Å²) in [4.78, 5) is 18.1.